The van der Waals surface area contributed by atoms with Crippen LogP contribution in [0.4, 0.5) is 0 Å². The third kappa shape index (κ3) is 3.56. The van der Waals surface area contributed by atoms with Crippen molar-refractivity contribution in [1.29, 1.82) is 5.26 Å². The molecule has 0 bridgehead atoms. The molecule has 1 aromatic rings. The Bertz CT molecular complexity index is 467. The molecule has 2 N–H and O–H groups in total. The van der Waals surface area contributed by atoms with Gasteiger partial charge in [-0.2, -0.15) is 5.26 Å². The van der Waals surface area contributed by atoms with Crippen molar-refractivity contribution < 1.29 is 14.7 Å². The fourth-order valence-electron chi connectivity index (χ4n) is 1.42. The van der Waals surface area contributed by atoms with E-state index in [0.29, 0.717) is 0 Å². The zero-order valence-corrected chi connectivity index (χ0v) is 9.83. The van der Waals surface area contributed by atoms with Crippen LogP contribution in [0.5, 0.6) is 0 Å². The standard InChI is InChI=1S/C12H13N3O3/c1-8(5-6-13)10(12(17)18)15-11(16)9-4-2-3-7-14-9/h2-4,7-8,10H,5H2,1H3,(H,15,16)(H,17,18)/t8-,10+/m0/s1. The Morgan fingerprint density at radius 2 is 2.28 bits per heavy atom. The summed E-state index contributed by atoms with van der Waals surface area (Å²) in [5.41, 5.74) is 0.146. The Kier molecular flexibility index (Phi) is 4.81. The summed E-state index contributed by atoms with van der Waals surface area (Å²) in [4.78, 5) is 26.6. The first-order valence-electron chi connectivity index (χ1n) is 5.38. The monoisotopic (exact) mass is 247 g/mol. The number of amides is 1. The molecule has 0 spiro atoms. The molecule has 0 unspecified atom stereocenters. The predicted octanol–water partition coefficient (Wildman–Crippen LogP) is 0.814. The maximum absolute atomic E-state index is 11.7. The summed E-state index contributed by atoms with van der Waals surface area (Å²) in [5.74, 6) is -2.20. The van der Waals surface area contributed by atoms with Gasteiger partial charge in [0.1, 0.15) is 11.7 Å². The van der Waals surface area contributed by atoms with Gasteiger partial charge in [-0.3, -0.25) is 9.78 Å². The number of nitriles is 1. The van der Waals surface area contributed by atoms with Crippen molar-refractivity contribution in [3.8, 4) is 6.07 Å². The minimum absolute atomic E-state index is 0.0550. The minimum atomic E-state index is -1.16. The number of carbonyl (C=O) groups excluding carboxylic acids is 1. The molecule has 18 heavy (non-hydrogen) atoms. The molecule has 0 aliphatic heterocycles. The van der Waals surface area contributed by atoms with Crippen LogP contribution in [0.1, 0.15) is 23.8 Å². The van der Waals surface area contributed by atoms with Crippen LogP contribution in [0, 0.1) is 17.2 Å². The molecule has 0 saturated carbocycles. The summed E-state index contributed by atoms with van der Waals surface area (Å²) >= 11 is 0. The smallest absolute Gasteiger partial charge is 0.326 e. The molecule has 1 amide bonds. The molecule has 1 heterocycles. The van der Waals surface area contributed by atoms with E-state index in [-0.39, 0.29) is 12.1 Å². The number of carboxylic acids is 1. The Balaban J connectivity index is 2.77. The van der Waals surface area contributed by atoms with Gasteiger partial charge in [0, 0.05) is 18.5 Å². The van der Waals surface area contributed by atoms with Gasteiger partial charge in [-0.25, -0.2) is 4.79 Å². The first-order chi connectivity index (χ1) is 8.56. The molecule has 0 aromatic carbocycles. The van der Waals surface area contributed by atoms with Gasteiger partial charge in [-0.05, 0) is 12.1 Å². The topological polar surface area (TPSA) is 103 Å². The Labute approximate surface area is 104 Å². The van der Waals surface area contributed by atoms with Gasteiger partial charge in [-0.1, -0.05) is 13.0 Å². The van der Waals surface area contributed by atoms with Crippen LogP contribution in [0.3, 0.4) is 0 Å². The highest BCUT2D eigenvalue weighted by atomic mass is 16.4. The molecular formula is C12H13N3O3. The molecule has 6 heteroatoms. The number of pyridine rings is 1. The van der Waals surface area contributed by atoms with E-state index >= 15 is 0 Å². The highest BCUT2D eigenvalue weighted by Gasteiger charge is 2.26. The van der Waals surface area contributed by atoms with Gasteiger partial charge in [0.25, 0.3) is 5.91 Å². The second kappa shape index (κ2) is 6.35. The zero-order chi connectivity index (χ0) is 13.5. The maximum Gasteiger partial charge on any atom is 0.326 e. The average Bonchev–Trinajstić information content (AvgIpc) is 2.36. The van der Waals surface area contributed by atoms with Crippen molar-refractivity contribution in [1.82, 2.24) is 10.3 Å². The van der Waals surface area contributed by atoms with Crippen LogP contribution in [0.2, 0.25) is 0 Å². The number of hydrogen-bond donors (Lipinski definition) is 2. The van der Waals surface area contributed by atoms with Crippen molar-refractivity contribution in [2.45, 2.75) is 19.4 Å². The lowest BCUT2D eigenvalue weighted by Gasteiger charge is -2.18. The van der Waals surface area contributed by atoms with Crippen molar-refractivity contribution in [2.75, 3.05) is 0 Å². The molecule has 0 fully saturated rings. The van der Waals surface area contributed by atoms with E-state index in [2.05, 4.69) is 10.3 Å². The molecule has 1 aromatic heterocycles. The summed E-state index contributed by atoms with van der Waals surface area (Å²) in [6.45, 7) is 1.60. The van der Waals surface area contributed by atoms with Crippen molar-refractivity contribution in [3.63, 3.8) is 0 Å². The molecule has 0 radical (unpaired) electrons. The Morgan fingerprint density at radius 3 is 2.78 bits per heavy atom. The first kappa shape index (κ1) is 13.6. The lowest BCUT2D eigenvalue weighted by Crippen LogP contribution is -2.45. The first-order valence-corrected chi connectivity index (χ1v) is 5.38. The highest BCUT2D eigenvalue weighted by Crippen LogP contribution is 2.08. The van der Waals surface area contributed by atoms with Gasteiger partial charge < -0.3 is 10.4 Å². The van der Waals surface area contributed by atoms with E-state index in [0.717, 1.165) is 0 Å². The molecule has 1 rings (SSSR count). The summed E-state index contributed by atoms with van der Waals surface area (Å²) in [7, 11) is 0. The van der Waals surface area contributed by atoms with Crippen LogP contribution >= 0.6 is 0 Å². The number of rotatable bonds is 5. The fourth-order valence-corrected chi connectivity index (χ4v) is 1.42. The second-order valence-electron chi connectivity index (χ2n) is 3.84. The fraction of sp³-hybridized carbons (Fsp3) is 0.333. The predicted molar refractivity (Wildman–Crippen MR) is 62.5 cm³/mol. The van der Waals surface area contributed by atoms with E-state index in [1.54, 1.807) is 19.1 Å². The summed E-state index contributed by atoms with van der Waals surface area (Å²) in [6.07, 6.45) is 1.50. The van der Waals surface area contributed by atoms with E-state index < -0.39 is 23.8 Å². The Morgan fingerprint density at radius 1 is 1.56 bits per heavy atom. The highest BCUT2D eigenvalue weighted by molar-refractivity contribution is 5.94. The number of nitrogens with one attached hydrogen (secondary N) is 1. The van der Waals surface area contributed by atoms with Crippen LogP contribution in [-0.2, 0) is 4.79 Å². The van der Waals surface area contributed by atoms with Crippen LogP contribution in [-0.4, -0.2) is 28.0 Å². The minimum Gasteiger partial charge on any atom is -0.480 e. The van der Waals surface area contributed by atoms with Gasteiger partial charge in [0.15, 0.2) is 0 Å². The van der Waals surface area contributed by atoms with Crippen LogP contribution < -0.4 is 5.32 Å². The van der Waals surface area contributed by atoms with Crippen LogP contribution in [0.25, 0.3) is 0 Å². The lowest BCUT2D eigenvalue weighted by atomic mass is 9.99. The number of aromatic nitrogens is 1. The third-order valence-corrected chi connectivity index (χ3v) is 2.43. The second-order valence-corrected chi connectivity index (χ2v) is 3.84. The van der Waals surface area contributed by atoms with Crippen molar-refractivity contribution >= 4 is 11.9 Å². The largest absolute Gasteiger partial charge is 0.480 e. The van der Waals surface area contributed by atoms with E-state index in [4.69, 9.17) is 10.4 Å². The van der Waals surface area contributed by atoms with Crippen LogP contribution in [0.15, 0.2) is 24.4 Å². The molecule has 94 valence electrons. The van der Waals surface area contributed by atoms with Gasteiger partial charge >= 0.3 is 5.97 Å². The third-order valence-electron chi connectivity index (χ3n) is 2.43. The molecular weight excluding hydrogens is 234 g/mol. The average molecular weight is 247 g/mol. The van der Waals surface area contributed by atoms with Crippen molar-refractivity contribution in [3.05, 3.63) is 30.1 Å². The molecule has 0 aliphatic rings. The number of carboxylic acid groups (broad SMARTS) is 1. The summed E-state index contributed by atoms with van der Waals surface area (Å²) < 4.78 is 0. The van der Waals surface area contributed by atoms with E-state index in [1.807, 2.05) is 6.07 Å². The number of hydrogen-bond acceptors (Lipinski definition) is 4. The van der Waals surface area contributed by atoms with E-state index in [9.17, 15) is 9.59 Å². The zero-order valence-electron chi connectivity index (χ0n) is 9.83. The number of aliphatic carboxylic acids is 1. The Hall–Kier alpha value is -2.42. The van der Waals surface area contributed by atoms with Gasteiger partial charge in [0.2, 0.25) is 0 Å². The summed E-state index contributed by atoms with van der Waals surface area (Å²) in [6, 6.07) is 5.57. The maximum atomic E-state index is 11.7. The number of nitrogens with zero attached hydrogens (tertiary/aromatic N) is 2. The molecule has 6 nitrogen and oxygen atoms in total. The van der Waals surface area contributed by atoms with Gasteiger partial charge in [0.05, 0.1) is 6.07 Å². The van der Waals surface area contributed by atoms with Crippen molar-refractivity contribution in [2.24, 2.45) is 5.92 Å². The quantitative estimate of drug-likeness (QED) is 0.801. The summed E-state index contributed by atoms with van der Waals surface area (Å²) in [5, 5.41) is 19.9. The number of carbonyl (C=O) groups is 2. The lowest BCUT2D eigenvalue weighted by molar-refractivity contribution is -0.140. The molecule has 0 aliphatic carbocycles. The SMILES string of the molecule is C[C@@H](CC#N)[C@@H](NC(=O)c1ccccn1)C(=O)O. The molecule has 2 atom stereocenters. The van der Waals surface area contributed by atoms with E-state index in [1.165, 1.54) is 12.3 Å². The van der Waals surface area contributed by atoms with Gasteiger partial charge in [-0.15, -0.1) is 0 Å². The molecule has 0 saturated heterocycles. The normalized spacial score (nSPS) is 13.1.